The molecule has 0 aliphatic heterocycles. The maximum Gasteiger partial charge on any atom is 0.133 e. The monoisotopic (exact) mass is 245 g/mol. The molecule has 4 heteroatoms. The maximum absolute atomic E-state index is 9.00. The molecule has 0 aliphatic rings. The van der Waals surface area contributed by atoms with Crippen LogP contribution in [0.5, 0.6) is 0 Å². The molecule has 0 aliphatic carbocycles. The summed E-state index contributed by atoms with van der Waals surface area (Å²) < 4.78 is 1.71. The van der Waals surface area contributed by atoms with Crippen molar-refractivity contribution < 1.29 is 0 Å². The summed E-state index contributed by atoms with van der Waals surface area (Å²) in [6.07, 6.45) is 0. The minimum atomic E-state index is 0.419. The van der Waals surface area contributed by atoms with Gasteiger partial charge in [-0.3, -0.25) is 0 Å². The third-order valence-corrected chi connectivity index (χ3v) is 3.02. The molecule has 1 aromatic heterocycles. The highest BCUT2D eigenvalue weighted by Gasteiger charge is 2.11. The van der Waals surface area contributed by atoms with E-state index in [4.69, 9.17) is 22.6 Å². The van der Waals surface area contributed by atoms with Crippen molar-refractivity contribution in [2.24, 2.45) is 0 Å². The van der Waals surface area contributed by atoms with Gasteiger partial charge in [-0.15, -0.1) is 0 Å². The van der Waals surface area contributed by atoms with E-state index in [2.05, 4.69) is 12.1 Å². The van der Waals surface area contributed by atoms with Crippen LogP contribution in [0.4, 0.5) is 5.69 Å². The van der Waals surface area contributed by atoms with Gasteiger partial charge in [-0.25, -0.2) is 0 Å². The zero-order valence-corrected chi connectivity index (χ0v) is 10.2. The van der Waals surface area contributed by atoms with Crippen molar-refractivity contribution in [2.75, 3.05) is 5.73 Å². The average Bonchev–Trinajstić information content (AvgIpc) is 2.57. The third-order valence-electron chi connectivity index (χ3n) is 2.60. The topological polar surface area (TPSA) is 54.7 Å². The number of anilines is 1. The number of hydrogen-bond acceptors (Lipinski definition) is 2. The number of nitriles is 1. The summed E-state index contributed by atoms with van der Waals surface area (Å²) in [6.45, 7) is 2.58. The van der Waals surface area contributed by atoms with E-state index in [1.165, 1.54) is 5.56 Å². The molecule has 0 saturated carbocycles. The molecule has 0 radical (unpaired) electrons. The molecular formula is C13H12ClN3. The van der Waals surface area contributed by atoms with Gasteiger partial charge in [0, 0.05) is 6.54 Å². The van der Waals surface area contributed by atoms with Gasteiger partial charge in [0.2, 0.25) is 0 Å². The fourth-order valence-corrected chi connectivity index (χ4v) is 1.99. The average molecular weight is 246 g/mol. The lowest BCUT2D eigenvalue weighted by Crippen LogP contribution is -2.02. The molecule has 1 aromatic carbocycles. The molecule has 3 nitrogen and oxygen atoms in total. The molecule has 2 aromatic rings. The Morgan fingerprint density at radius 2 is 2.18 bits per heavy atom. The number of nitrogens with zero attached hydrogens (tertiary/aromatic N) is 2. The number of aryl methyl sites for hydroxylation is 1. The van der Waals surface area contributed by atoms with Crippen molar-refractivity contribution in [2.45, 2.75) is 13.5 Å². The number of aromatic nitrogens is 1. The molecular weight excluding hydrogens is 234 g/mol. The maximum atomic E-state index is 9.00. The number of hydrogen-bond donors (Lipinski definition) is 1. The summed E-state index contributed by atoms with van der Waals surface area (Å²) in [7, 11) is 0. The molecule has 0 bridgehead atoms. The van der Waals surface area contributed by atoms with Crippen LogP contribution in [0.25, 0.3) is 0 Å². The first-order chi connectivity index (χ1) is 8.11. The quantitative estimate of drug-likeness (QED) is 0.884. The lowest BCUT2D eigenvalue weighted by molar-refractivity contribution is 0.794. The fourth-order valence-electron chi connectivity index (χ4n) is 1.79. The molecule has 86 valence electrons. The Hall–Kier alpha value is -1.92. The largest absolute Gasteiger partial charge is 0.396 e. The second kappa shape index (κ2) is 4.52. The smallest absolute Gasteiger partial charge is 0.133 e. The number of nitrogens with two attached hydrogens (primary N) is 1. The Morgan fingerprint density at radius 1 is 1.41 bits per heavy atom. The van der Waals surface area contributed by atoms with Crippen LogP contribution >= 0.6 is 11.6 Å². The molecule has 0 saturated heterocycles. The van der Waals surface area contributed by atoms with Crippen molar-refractivity contribution in [3.05, 3.63) is 52.3 Å². The minimum Gasteiger partial charge on any atom is -0.396 e. The highest BCUT2D eigenvalue weighted by Crippen LogP contribution is 2.24. The molecule has 1 heterocycles. The van der Waals surface area contributed by atoms with Crippen LogP contribution in [0.3, 0.4) is 0 Å². The van der Waals surface area contributed by atoms with Gasteiger partial charge in [0.05, 0.1) is 5.69 Å². The van der Waals surface area contributed by atoms with Crippen LogP contribution in [0.15, 0.2) is 30.3 Å². The second-order valence-corrected chi connectivity index (χ2v) is 4.32. The van der Waals surface area contributed by atoms with Gasteiger partial charge < -0.3 is 10.3 Å². The molecule has 0 amide bonds. The molecule has 0 atom stereocenters. The van der Waals surface area contributed by atoms with E-state index in [0.29, 0.717) is 23.1 Å². The van der Waals surface area contributed by atoms with E-state index >= 15 is 0 Å². The lowest BCUT2D eigenvalue weighted by Gasteiger charge is -2.07. The first-order valence-electron chi connectivity index (χ1n) is 5.22. The van der Waals surface area contributed by atoms with Gasteiger partial charge in [-0.2, -0.15) is 5.26 Å². The molecule has 2 rings (SSSR count). The van der Waals surface area contributed by atoms with Crippen LogP contribution in [0.2, 0.25) is 5.15 Å². The molecule has 0 spiro atoms. The summed E-state index contributed by atoms with van der Waals surface area (Å²) in [5.41, 5.74) is 8.89. The number of nitrogen functional groups attached to an aromatic ring is 1. The summed E-state index contributed by atoms with van der Waals surface area (Å²) in [4.78, 5) is 0. The second-order valence-electron chi connectivity index (χ2n) is 3.96. The van der Waals surface area contributed by atoms with Gasteiger partial charge in [-0.1, -0.05) is 41.4 Å². The Morgan fingerprint density at radius 3 is 2.82 bits per heavy atom. The Balaban J connectivity index is 2.40. The van der Waals surface area contributed by atoms with Gasteiger partial charge >= 0.3 is 0 Å². The van der Waals surface area contributed by atoms with Gasteiger partial charge in [-0.05, 0) is 18.6 Å². The lowest BCUT2D eigenvalue weighted by atomic mass is 10.1. The number of benzene rings is 1. The zero-order valence-electron chi connectivity index (χ0n) is 9.44. The molecule has 2 N–H and O–H groups in total. The standard InChI is InChI=1S/C13H12ClN3/c1-9-3-2-4-10(5-9)8-17-11(7-15)6-12(16)13(17)14/h2-6H,8,16H2,1H3. The summed E-state index contributed by atoms with van der Waals surface area (Å²) in [5, 5.41) is 9.42. The SMILES string of the molecule is Cc1cccc(Cn2c(C#N)cc(N)c2Cl)c1. The number of halogens is 1. The van der Waals surface area contributed by atoms with Crippen LogP contribution < -0.4 is 5.73 Å². The van der Waals surface area contributed by atoms with Gasteiger partial charge in [0.15, 0.2) is 0 Å². The summed E-state index contributed by atoms with van der Waals surface area (Å²) in [5.74, 6) is 0. The molecule has 17 heavy (non-hydrogen) atoms. The molecule has 0 unspecified atom stereocenters. The van der Waals surface area contributed by atoms with E-state index in [1.807, 2.05) is 25.1 Å². The van der Waals surface area contributed by atoms with E-state index in [-0.39, 0.29) is 0 Å². The normalized spacial score (nSPS) is 10.2. The van der Waals surface area contributed by atoms with E-state index in [1.54, 1.807) is 10.6 Å². The predicted octanol–water partition coefficient (Wildman–Crippen LogP) is 2.95. The third kappa shape index (κ3) is 2.27. The first-order valence-corrected chi connectivity index (χ1v) is 5.59. The van der Waals surface area contributed by atoms with Crippen LogP contribution in [-0.2, 0) is 6.54 Å². The van der Waals surface area contributed by atoms with Crippen molar-refractivity contribution in [3.8, 4) is 6.07 Å². The van der Waals surface area contributed by atoms with Crippen molar-refractivity contribution in [1.29, 1.82) is 5.26 Å². The predicted molar refractivity (Wildman–Crippen MR) is 68.9 cm³/mol. The van der Waals surface area contributed by atoms with Crippen molar-refractivity contribution in [3.63, 3.8) is 0 Å². The zero-order chi connectivity index (χ0) is 12.4. The van der Waals surface area contributed by atoms with E-state index in [9.17, 15) is 0 Å². The van der Waals surface area contributed by atoms with Crippen molar-refractivity contribution >= 4 is 17.3 Å². The fraction of sp³-hybridized carbons (Fsp3) is 0.154. The van der Waals surface area contributed by atoms with E-state index in [0.717, 1.165) is 5.56 Å². The van der Waals surface area contributed by atoms with E-state index < -0.39 is 0 Å². The van der Waals surface area contributed by atoms with Gasteiger partial charge in [0.25, 0.3) is 0 Å². The Kier molecular flexibility index (Phi) is 3.08. The first kappa shape index (κ1) is 11.6. The van der Waals surface area contributed by atoms with Crippen LogP contribution in [0, 0.1) is 18.3 Å². The highest BCUT2D eigenvalue weighted by atomic mass is 35.5. The number of rotatable bonds is 2. The van der Waals surface area contributed by atoms with Crippen LogP contribution in [0.1, 0.15) is 16.8 Å². The Bertz CT molecular complexity index is 593. The van der Waals surface area contributed by atoms with Gasteiger partial charge in [0.1, 0.15) is 16.9 Å². The molecule has 0 fully saturated rings. The summed E-state index contributed by atoms with van der Waals surface area (Å²) in [6, 6.07) is 11.8. The van der Waals surface area contributed by atoms with Crippen molar-refractivity contribution in [1.82, 2.24) is 4.57 Å². The minimum absolute atomic E-state index is 0.419. The highest BCUT2D eigenvalue weighted by molar-refractivity contribution is 6.32. The summed E-state index contributed by atoms with van der Waals surface area (Å²) >= 11 is 6.07. The Labute approximate surface area is 105 Å². The van der Waals surface area contributed by atoms with Crippen LogP contribution in [-0.4, -0.2) is 4.57 Å².